The largest absolute Gasteiger partial charge is 0.350 e. The van der Waals surface area contributed by atoms with Crippen molar-refractivity contribution in [2.24, 2.45) is 7.05 Å². The predicted octanol–water partition coefficient (Wildman–Crippen LogP) is 2.39. The summed E-state index contributed by atoms with van der Waals surface area (Å²) in [7, 11) is 1.99. The van der Waals surface area contributed by atoms with Gasteiger partial charge in [0.15, 0.2) is 0 Å². The van der Waals surface area contributed by atoms with Crippen molar-refractivity contribution in [3.8, 4) is 0 Å². The van der Waals surface area contributed by atoms with Crippen LogP contribution in [0.3, 0.4) is 0 Å². The number of H-pyrrole nitrogens is 1. The summed E-state index contributed by atoms with van der Waals surface area (Å²) in [5.74, 6) is -0.0362. The van der Waals surface area contributed by atoms with Crippen molar-refractivity contribution in [3.63, 3.8) is 0 Å². The van der Waals surface area contributed by atoms with Gasteiger partial charge in [0.05, 0.1) is 24.0 Å². The van der Waals surface area contributed by atoms with Gasteiger partial charge in [0.25, 0.3) is 0 Å². The van der Waals surface area contributed by atoms with E-state index in [2.05, 4.69) is 21.6 Å². The van der Waals surface area contributed by atoms with E-state index in [1.165, 1.54) is 0 Å². The van der Waals surface area contributed by atoms with E-state index in [0.717, 1.165) is 27.8 Å². The topological polar surface area (TPSA) is 62.7 Å². The third-order valence-electron chi connectivity index (χ3n) is 3.43. The first-order chi connectivity index (χ1) is 9.65. The number of para-hydroxylation sites is 1. The summed E-state index contributed by atoms with van der Waals surface area (Å²) in [6.45, 7) is 1.88. The highest BCUT2D eigenvalue weighted by atomic mass is 16.1. The molecule has 3 aromatic rings. The first-order valence-corrected chi connectivity index (χ1v) is 6.48. The Morgan fingerprint density at radius 3 is 2.95 bits per heavy atom. The molecule has 5 nitrogen and oxygen atoms in total. The fourth-order valence-electron chi connectivity index (χ4n) is 2.41. The average molecular weight is 268 g/mol. The van der Waals surface area contributed by atoms with E-state index in [-0.39, 0.29) is 5.91 Å². The number of anilines is 1. The van der Waals surface area contributed by atoms with Crippen LogP contribution < -0.4 is 5.32 Å². The highest BCUT2D eigenvalue weighted by Crippen LogP contribution is 2.21. The second kappa shape index (κ2) is 4.85. The van der Waals surface area contributed by atoms with Gasteiger partial charge in [-0.25, -0.2) is 0 Å². The van der Waals surface area contributed by atoms with Crippen LogP contribution in [-0.2, 0) is 18.3 Å². The molecule has 0 aliphatic rings. The van der Waals surface area contributed by atoms with Crippen molar-refractivity contribution >= 4 is 22.5 Å². The highest BCUT2D eigenvalue weighted by Gasteiger charge is 2.11. The predicted molar refractivity (Wildman–Crippen MR) is 78.6 cm³/mol. The van der Waals surface area contributed by atoms with Gasteiger partial charge in [-0.15, -0.1) is 0 Å². The van der Waals surface area contributed by atoms with Gasteiger partial charge in [0.1, 0.15) is 0 Å². The average Bonchev–Trinajstić information content (AvgIpc) is 2.96. The van der Waals surface area contributed by atoms with Crippen molar-refractivity contribution in [3.05, 3.63) is 47.9 Å². The molecular weight excluding hydrogens is 252 g/mol. The quantitative estimate of drug-likeness (QED) is 0.766. The molecule has 1 amide bonds. The molecule has 0 radical (unpaired) electrons. The Balaban J connectivity index is 1.83. The van der Waals surface area contributed by atoms with E-state index in [9.17, 15) is 4.79 Å². The zero-order valence-electron chi connectivity index (χ0n) is 11.5. The summed E-state index contributed by atoms with van der Waals surface area (Å²) >= 11 is 0. The number of nitrogens with one attached hydrogen (secondary N) is 2. The van der Waals surface area contributed by atoms with Crippen LogP contribution in [0.1, 0.15) is 11.3 Å². The summed E-state index contributed by atoms with van der Waals surface area (Å²) in [4.78, 5) is 12.1. The molecule has 2 aromatic heterocycles. The minimum Gasteiger partial charge on any atom is -0.350 e. The lowest BCUT2D eigenvalue weighted by atomic mass is 10.1. The summed E-state index contributed by atoms with van der Waals surface area (Å²) in [6, 6.07) is 8.09. The maximum absolute atomic E-state index is 12.1. The Kier molecular flexibility index (Phi) is 3.02. The standard InChI is InChI=1S/C15H16N4O/c1-10-13(8-16-18-10)17-15(20)7-11-9-19(2)14-6-4-3-5-12(11)14/h3-6,8-9H,7H2,1-2H3,(H,16,18)(H,17,20). The molecule has 2 heterocycles. The molecule has 1 aromatic carbocycles. The minimum absolute atomic E-state index is 0.0362. The van der Waals surface area contributed by atoms with Crippen LogP contribution in [0.4, 0.5) is 5.69 Å². The van der Waals surface area contributed by atoms with E-state index in [4.69, 9.17) is 0 Å². The lowest BCUT2D eigenvalue weighted by Gasteiger charge is -2.03. The van der Waals surface area contributed by atoms with Crippen LogP contribution in [0.25, 0.3) is 10.9 Å². The number of hydrogen-bond acceptors (Lipinski definition) is 2. The number of fused-ring (bicyclic) bond motifs is 1. The first-order valence-electron chi connectivity index (χ1n) is 6.48. The Hall–Kier alpha value is -2.56. The zero-order valence-corrected chi connectivity index (χ0v) is 11.5. The lowest BCUT2D eigenvalue weighted by molar-refractivity contribution is -0.115. The number of hydrogen-bond donors (Lipinski definition) is 2. The smallest absolute Gasteiger partial charge is 0.228 e. The van der Waals surface area contributed by atoms with E-state index < -0.39 is 0 Å². The highest BCUT2D eigenvalue weighted by molar-refractivity contribution is 5.96. The molecule has 102 valence electrons. The monoisotopic (exact) mass is 268 g/mol. The van der Waals surface area contributed by atoms with Gasteiger partial charge in [-0.1, -0.05) is 18.2 Å². The van der Waals surface area contributed by atoms with Crippen molar-refractivity contribution in [2.45, 2.75) is 13.3 Å². The lowest BCUT2D eigenvalue weighted by Crippen LogP contribution is -2.14. The molecule has 0 saturated carbocycles. The molecular formula is C15H16N4O. The summed E-state index contributed by atoms with van der Waals surface area (Å²) < 4.78 is 2.04. The Labute approximate surface area is 116 Å². The first kappa shape index (κ1) is 12.5. The van der Waals surface area contributed by atoms with Gasteiger partial charge in [-0.05, 0) is 18.6 Å². The number of carbonyl (C=O) groups excluding carboxylic acids is 1. The summed E-state index contributed by atoms with van der Waals surface area (Å²) in [5, 5.41) is 10.7. The molecule has 0 aliphatic carbocycles. The molecule has 0 fully saturated rings. The number of aromatic amines is 1. The second-order valence-electron chi connectivity index (χ2n) is 4.92. The maximum Gasteiger partial charge on any atom is 0.228 e. The third-order valence-corrected chi connectivity index (χ3v) is 3.43. The van der Waals surface area contributed by atoms with Crippen LogP contribution in [-0.4, -0.2) is 20.7 Å². The normalized spacial score (nSPS) is 10.9. The van der Waals surface area contributed by atoms with Crippen molar-refractivity contribution in [1.82, 2.24) is 14.8 Å². The molecule has 2 N–H and O–H groups in total. The maximum atomic E-state index is 12.1. The Bertz CT molecular complexity index is 769. The molecule has 3 rings (SSSR count). The molecule has 5 heteroatoms. The molecule has 0 aliphatic heterocycles. The van der Waals surface area contributed by atoms with Gasteiger partial charge in [0.2, 0.25) is 5.91 Å². The second-order valence-corrected chi connectivity index (χ2v) is 4.92. The third kappa shape index (κ3) is 2.18. The van der Waals surface area contributed by atoms with E-state index in [1.54, 1.807) is 6.20 Å². The molecule has 0 spiro atoms. The minimum atomic E-state index is -0.0362. The summed E-state index contributed by atoms with van der Waals surface area (Å²) in [6.07, 6.45) is 3.98. The fraction of sp³-hybridized carbons (Fsp3) is 0.200. The van der Waals surface area contributed by atoms with Gasteiger partial charge in [0, 0.05) is 24.1 Å². The van der Waals surface area contributed by atoms with Crippen molar-refractivity contribution in [2.75, 3.05) is 5.32 Å². The van der Waals surface area contributed by atoms with Gasteiger partial charge >= 0.3 is 0 Å². The molecule has 0 bridgehead atoms. The molecule has 0 saturated heterocycles. The van der Waals surface area contributed by atoms with Crippen molar-refractivity contribution < 1.29 is 4.79 Å². The van der Waals surface area contributed by atoms with Gasteiger partial charge < -0.3 is 9.88 Å². The number of benzene rings is 1. The number of carbonyl (C=O) groups is 1. The van der Waals surface area contributed by atoms with Crippen LogP contribution in [0.2, 0.25) is 0 Å². The van der Waals surface area contributed by atoms with Crippen LogP contribution in [0.15, 0.2) is 36.7 Å². The SMILES string of the molecule is Cc1[nH]ncc1NC(=O)Cc1cn(C)c2ccccc12. The van der Waals surface area contributed by atoms with Crippen LogP contribution >= 0.6 is 0 Å². The summed E-state index contributed by atoms with van der Waals surface area (Å²) in [5.41, 5.74) is 3.75. The number of amides is 1. The molecule has 0 unspecified atom stereocenters. The van der Waals surface area contributed by atoms with E-state index in [1.807, 2.05) is 42.9 Å². The van der Waals surface area contributed by atoms with E-state index in [0.29, 0.717) is 6.42 Å². The van der Waals surface area contributed by atoms with Crippen molar-refractivity contribution in [1.29, 1.82) is 0 Å². The fourth-order valence-corrected chi connectivity index (χ4v) is 2.41. The van der Waals surface area contributed by atoms with Gasteiger partial charge in [-0.2, -0.15) is 5.10 Å². The number of rotatable bonds is 3. The Morgan fingerprint density at radius 1 is 1.40 bits per heavy atom. The van der Waals surface area contributed by atoms with Crippen LogP contribution in [0, 0.1) is 6.92 Å². The molecule has 20 heavy (non-hydrogen) atoms. The number of aryl methyl sites for hydroxylation is 2. The van der Waals surface area contributed by atoms with Crippen LogP contribution in [0.5, 0.6) is 0 Å². The molecule has 0 atom stereocenters. The zero-order chi connectivity index (χ0) is 14.1. The number of aromatic nitrogens is 3. The van der Waals surface area contributed by atoms with E-state index >= 15 is 0 Å². The van der Waals surface area contributed by atoms with Gasteiger partial charge in [-0.3, -0.25) is 9.89 Å². The number of nitrogens with zero attached hydrogens (tertiary/aromatic N) is 2. The Morgan fingerprint density at radius 2 is 2.20 bits per heavy atom.